The molecule has 9 heteroatoms. The van der Waals surface area contributed by atoms with Crippen molar-refractivity contribution < 1.29 is 18.1 Å². The summed E-state index contributed by atoms with van der Waals surface area (Å²) in [6.07, 6.45) is 5.10. The predicted octanol–water partition coefficient (Wildman–Crippen LogP) is 0.661. The molecule has 1 fully saturated rings. The average molecular weight is 325 g/mol. The molecule has 2 rings (SSSR count). The van der Waals surface area contributed by atoms with Crippen molar-refractivity contribution in [3.63, 3.8) is 0 Å². The van der Waals surface area contributed by atoms with E-state index in [1.54, 1.807) is 0 Å². The molecule has 0 saturated carbocycles. The zero-order chi connectivity index (χ0) is 16.2. The highest BCUT2D eigenvalue weighted by Gasteiger charge is 2.28. The lowest BCUT2D eigenvalue weighted by Gasteiger charge is -2.26. The van der Waals surface area contributed by atoms with E-state index in [0.29, 0.717) is 13.2 Å². The van der Waals surface area contributed by atoms with Gasteiger partial charge < -0.3 is 10.1 Å². The second-order valence-electron chi connectivity index (χ2n) is 4.51. The Hall–Kier alpha value is -2.15. The van der Waals surface area contributed by atoms with Crippen LogP contribution in [0.25, 0.3) is 0 Å². The van der Waals surface area contributed by atoms with Crippen LogP contribution in [0.4, 0.5) is 11.4 Å². The van der Waals surface area contributed by atoms with Crippen molar-refractivity contribution in [2.24, 2.45) is 0 Å². The minimum Gasteiger partial charge on any atom is -0.379 e. The van der Waals surface area contributed by atoms with Crippen molar-refractivity contribution in [2.45, 2.75) is 4.90 Å². The fourth-order valence-electron chi connectivity index (χ4n) is 2.05. The first-order chi connectivity index (χ1) is 10.5. The maximum atomic E-state index is 12.5. The van der Waals surface area contributed by atoms with Crippen LogP contribution in [-0.4, -0.2) is 50.5 Å². The van der Waals surface area contributed by atoms with Gasteiger partial charge in [-0.15, -0.1) is 6.42 Å². The van der Waals surface area contributed by atoms with E-state index in [9.17, 15) is 18.5 Å². The number of nitro benzene ring substituents is 1. The van der Waals surface area contributed by atoms with Gasteiger partial charge in [-0.3, -0.25) is 10.1 Å². The number of sulfonamides is 1. The number of benzene rings is 1. The van der Waals surface area contributed by atoms with E-state index in [0.717, 1.165) is 6.07 Å². The molecular formula is C13H15N3O5S. The molecule has 1 aromatic carbocycles. The Morgan fingerprint density at radius 2 is 2.09 bits per heavy atom. The van der Waals surface area contributed by atoms with E-state index in [1.807, 2.05) is 0 Å². The molecule has 0 aliphatic carbocycles. The zero-order valence-corrected chi connectivity index (χ0v) is 12.5. The van der Waals surface area contributed by atoms with E-state index in [1.165, 1.54) is 16.4 Å². The highest BCUT2D eigenvalue weighted by Crippen LogP contribution is 2.29. The third-order valence-corrected chi connectivity index (χ3v) is 5.05. The molecule has 1 aliphatic heterocycles. The zero-order valence-electron chi connectivity index (χ0n) is 11.7. The molecule has 1 heterocycles. The molecule has 0 unspecified atom stereocenters. The summed E-state index contributed by atoms with van der Waals surface area (Å²) < 4.78 is 31.3. The maximum absolute atomic E-state index is 12.5. The molecule has 1 N–H and O–H groups in total. The van der Waals surface area contributed by atoms with Gasteiger partial charge >= 0.3 is 0 Å². The molecule has 0 radical (unpaired) electrons. The van der Waals surface area contributed by atoms with Crippen LogP contribution >= 0.6 is 0 Å². The first-order valence-electron chi connectivity index (χ1n) is 6.50. The fraction of sp³-hybridized carbons (Fsp3) is 0.385. The van der Waals surface area contributed by atoms with Crippen LogP contribution in [0, 0.1) is 22.5 Å². The van der Waals surface area contributed by atoms with E-state index < -0.39 is 14.9 Å². The standard InChI is InChI=1S/C13H15N3O5S/c1-2-5-14-12-4-3-11(10-13(12)16(17)18)22(19,20)15-6-8-21-9-7-15/h1,3-4,10,14H,5-9H2. The number of morpholine rings is 1. The Morgan fingerprint density at radius 1 is 1.41 bits per heavy atom. The van der Waals surface area contributed by atoms with Gasteiger partial charge in [0.1, 0.15) is 5.69 Å². The first kappa shape index (κ1) is 16.2. The lowest BCUT2D eigenvalue weighted by Crippen LogP contribution is -2.40. The van der Waals surface area contributed by atoms with Crippen LogP contribution in [0.5, 0.6) is 0 Å². The Bertz CT molecular complexity index is 705. The number of rotatable bonds is 5. The summed E-state index contributed by atoms with van der Waals surface area (Å²) in [5, 5.41) is 13.8. The molecule has 0 spiro atoms. The summed E-state index contributed by atoms with van der Waals surface area (Å²) in [7, 11) is -3.77. The summed E-state index contributed by atoms with van der Waals surface area (Å²) >= 11 is 0. The van der Waals surface area contributed by atoms with Crippen LogP contribution in [0.2, 0.25) is 0 Å². The van der Waals surface area contributed by atoms with E-state index >= 15 is 0 Å². The fourth-order valence-corrected chi connectivity index (χ4v) is 3.48. The van der Waals surface area contributed by atoms with Crippen molar-refractivity contribution in [3.8, 4) is 12.3 Å². The molecule has 1 aromatic rings. The summed E-state index contributed by atoms with van der Waals surface area (Å²) in [4.78, 5) is 10.4. The monoisotopic (exact) mass is 325 g/mol. The number of nitrogens with zero attached hydrogens (tertiary/aromatic N) is 2. The number of nitrogens with one attached hydrogen (secondary N) is 1. The smallest absolute Gasteiger partial charge is 0.293 e. The molecule has 0 bridgehead atoms. The number of terminal acetylenes is 1. The van der Waals surface area contributed by atoms with Gasteiger partial charge in [-0.05, 0) is 12.1 Å². The lowest BCUT2D eigenvalue weighted by atomic mass is 10.2. The van der Waals surface area contributed by atoms with Crippen molar-refractivity contribution in [3.05, 3.63) is 28.3 Å². The Labute approximate surface area is 128 Å². The third-order valence-electron chi connectivity index (χ3n) is 3.15. The van der Waals surface area contributed by atoms with E-state index in [-0.39, 0.29) is 35.9 Å². The van der Waals surface area contributed by atoms with Crippen molar-refractivity contribution >= 4 is 21.4 Å². The molecule has 22 heavy (non-hydrogen) atoms. The topological polar surface area (TPSA) is 102 Å². The van der Waals surface area contributed by atoms with Gasteiger partial charge in [-0.1, -0.05) is 5.92 Å². The number of ether oxygens (including phenoxy) is 1. The Morgan fingerprint density at radius 3 is 2.68 bits per heavy atom. The number of hydrogen-bond acceptors (Lipinski definition) is 6. The van der Waals surface area contributed by atoms with E-state index in [2.05, 4.69) is 11.2 Å². The van der Waals surface area contributed by atoms with Crippen molar-refractivity contribution in [1.29, 1.82) is 0 Å². The number of nitro groups is 1. The van der Waals surface area contributed by atoms with Crippen LogP contribution in [-0.2, 0) is 14.8 Å². The average Bonchev–Trinajstić information content (AvgIpc) is 2.53. The Kier molecular flexibility index (Phi) is 4.97. The molecule has 1 aliphatic rings. The molecule has 118 valence electrons. The minimum absolute atomic E-state index is 0.108. The second kappa shape index (κ2) is 6.74. The molecule has 8 nitrogen and oxygen atoms in total. The third kappa shape index (κ3) is 3.36. The van der Waals surface area contributed by atoms with Crippen molar-refractivity contribution in [2.75, 3.05) is 38.2 Å². The highest BCUT2D eigenvalue weighted by atomic mass is 32.2. The van der Waals surface area contributed by atoms with Gasteiger partial charge in [0.05, 0.1) is 29.6 Å². The molecule has 0 amide bonds. The second-order valence-corrected chi connectivity index (χ2v) is 6.45. The van der Waals surface area contributed by atoms with Gasteiger partial charge in [0.15, 0.2) is 0 Å². The predicted molar refractivity (Wildman–Crippen MR) is 80.0 cm³/mol. The number of hydrogen-bond donors (Lipinski definition) is 1. The summed E-state index contributed by atoms with van der Waals surface area (Å²) in [5.41, 5.74) is -0.145. The quantitative estimate of drug-likeness (QED) is 0.485. The van der Waals surface area contributed by atoms with Gasteiger partial charge in [-0.25, -0.2) is 8.42 Å². The maximum Gasteiger partial charge on any atom is 0.293 e. The number of anilines is 1. The SMILES string of the molecule is C#CCNc1ccc(S(=O)(=O)N2CCOCC2)cc1[N+](=O)[O-]. The first-order valence-corrected chi connectivity index (χ1v) is 7.94. The molecular weight excluding hydrogens is 310 g/mol. The van der Waals surface area contributed by atoms with Crippen LogP contribution in [0.15, 0.2) is 23.1 Å². The largest absolute Gasteiger partial charge is 0.379 e. The van der Waals surface area contributed by atoms with E-state index in [4.69, 9.17) is 11.2 Å². The minimum atomic E-state index is -3.77. The Balaban J connectivity index is 2.37. The summed E-state index contributed by atoms with van der Waals surface area (Å²) in [6, 6.07) is 3.73. The van der Waals surface area contributed by atoms with Gasteiger partial charge in [0, 0.05) is 19.2 Å². The molecule has 0 atom stereocenters. The summed E-state index contributed by atoms with van der Waals surface area (Å²) in [6.45, 7) is 1.18. The summed E-state index contributed by atoms with van der Waals surface area (Å²) in [5.74, 6) is 2.30. The van der Waals surface area contributed by atoms with Gasteiger partial charge in [0.2, 0.25) is 10.0 Å². The van der Waals surface area contributed by atoms with Gasteiger partial charge in [-0.2, -0.15) is 4.31 Å². The van der Waals surface area contributed by atoms with Crippen LogP contribution in [0.3, 0.4) is 0 Å². The lowest BCUT2D eigenvalue weighted by molar-refractivity contribution is -0.384. The highest BCUT2D eigenvalue weighted by molar-refractivity contribution is 7.89. The van der Waals surface area contributed by atoms with Crippen LogP contribution in [0.1, 0.15) is 0 Å². The van der Waals surface area contributed by atoms with Crippen molar-refractivity contribution in [1.82, 2.24) is 4.31 Å². The van der Waals surface area contributed by atoms with Gasteiger partial charge in [0.25, 0.3) is 5.69 Å². The molecule has 0 aromatic heterocycles. The normalized spacial score (nSPS) is 16.0. The van der Waals surface area contributed by atoms with Crippen LogP contribution < -0.4 is 5.32 Å². The molecule has 1 saturated heterocycles.